The number of fused-ring (bicyclic) bond motifs is 1. The van der Waals surface area contributed by atoms with E-state index in [-0.39, 0.29) is 34.6 Å². The molecule has 1 amide bonds. The standard InChI is InChI=1S/C31H45Cl3N2O4Si/c1-28(2,3)41(5,6)40-14-13-35-12-11-30-23-16-22(38-4)8-7-20(23)15-25(35)29(30)10-9-24-26(30)21(17-29)18-36(24)27(37)39-19-31(32,33)34/h7-8,16,21,24-26H,9-15,17-19H2,1-6H3/t21-,24?,25-,26?,29-,30+/m1/s1. The molecule has 3 aliphatic carbocycles. The average molecular weight is 644 g/mol. The molecule has 10 heteroatoms. The number of methoxy groups -OCH3 is 1. The summed E-state index contributed by atoms with van der Waals surface area (Å²) in [7, 11) is -0.0497. The predicted molar refractivity (Wildman–Crippen MR) is 167 cm³/mol. The summed E-state index contributed by atoms with van der Waals surface area (Å²) in [6.45, 7) is 14.9. The number of benzene rings is 1. The van der Waals surface area contributed by atoms with Crippen LogP contribution in [0.15, 0.2) is 18.2 Å². The molecule has 2 saturated carbocycles. The third-order valence-electron chi connectivity index (χ3n) is 12.0. The number of hydrogen-bond donors (Lipinski definition) is 0. The summed E-state index contributed by atoms with van der Waals surface area (Å²) in [5, 5.41) is 0.207. The van der Waals surface area contributed by atoms with Crippen LogP contribution in [0.3, 0.4) is 0 Å². The molecular formula is C31H45Cl3N2O4Si. The van der Waals surface area contributed by atoms with Gasteiger partial charge in [-0.05, 0) is 97.3 Å². The fraction of sp³-hybridized carbons (Fsp3) is 0.774. The van der Waals surface area contributed by atoms with Crippen molar-refractivity contribution in [3.05, 3.63) is 29.3 Å². The van der Waals surface area contributed by atoms with Gasteiger partial charge in [0.25, 0.3) is 0 Å². The van der Waals surface area contributed by atoms with E-state index in [0.29, 0.717) is 17.9 Å². The zero-order chi connectivity index (χ0) is 29.6. The predicted octanol–water partition coefficient (Wildman–Crippen LogP) is 7.19. The number of likely N-dealkylation sites (tertiary alicyclic amines) is 2. The molecule has 6 nitrogen and oxygen atoms in total. The highest BCUT2D eigenvalue weighted by Crippen LogP contribution is 2.75. The minimum absolute atomic E-state index is 0.0222. The van der Waals surface area contributed by atoms with E-state index in [4.69, 9.17) is 48.7 Å². The quantitative estimate of drug-likeness (QED) is 0.243. The normalized spacial score (nSPS) is 34.3. The molecule has 1 aromatic rings. The third kappa shape index (κ3) is 4.66. The van der Waals surface area contributed by atoms with E-state index in [1.807, 2.05) is 4.90 Å². The lowest BCUT2D eigenvalue weighted by Crippen LogP contribution is -2.70. The number of ether oxygens (including phenoxy) is 2. The van der Waals surface area contributed by atoms with Gasteiger partial charge in [-0.15, -0.1) is 0 Å². The molecule has 0 aromatic heterocycles. The Balaban J connectivity index is 1.32. The average Bonchev–Trinajstić information content (AvgIpc) is 3.33. The summed E-state index contributed by atoms with van der Waals surface area (Å²) in [6, 6.07) is 7.37. The third-order valence-corrected chi connectivity index (χ3v) is 16.9. The highest BCUT2D eigenvalue weighted by molar-refractivity contribution is 6.74. The molecule has 0 N–H and O–H groups in total. The number of carbonyl (C=O) groups excluding carboxylic acids is 1. The number of hydrogen-bond acceptors (Lipinski definition) is 5. The number of carbonyl (C=O) groups is 1. The van der Waals surface area contributed by atoms with Crippen molar-refractivity contribution < 1.29 is 18.7 Å². The monoisotopic (exact) mass is 642 g/mol. The first-order valence-corrected chi connectivity index (χ1v) is 19.2. The molecule has 2 heterocycles. The molecule has 4 fully saturated rings. The van der Waals surface area contributed by atoms with Gasteiger partial charge in [0.1, 0.15) is 12.4 Å². The first kappa shape index (κ1) is 30.3. The molecule has 0 spiro atoms. The molecule has 5 aliphatic rings. The molecule has 2 saturated heterocycles. The summed E-state index contributed by atoms with van der Waals surface area (Å²) < 4.78 is 16.3. The van der Waals surface area contributed by atoms with Crippen LogP contribution in [0.25, 0.3) is 0 Å². The number of halogens is 3. The van der Waals surface area contributed by atoms with E-state index < -0.39 is 12.1 Å². The van der Waals surface area contributed by atoms with Crippen LogP contribution >= 0.6 is 34.8 Å². The van der Waals surface area contributed by atoms with E-state index in [0.717, 1.165) is 64.1 Å². The van der Waals surface area contributed by atoms with Gasteiger partial charge in [0.05, 0.1) is 7.11 Å². The lowest BCUT2D eigenvalue weighted by molar-refractivity contribution is -0.104. The van der Waals surface area contributed by atoms with Crippen molar-refractivity contribution in [2.75, 3.05) is 40.0 Å². The van der Waals surface area contributed by atoms with Crippen molar-refractivity contribution in [3.8, 4) is 5.75 Å². The van der Waals surface area contributed by atoms with Crippen LogP contribution in [-0.2, 0) is 21.0 Å². The van der Waals surface area contributed by atoms with Gasteiger partial charge in [-0.1, -0.05) is 61.6 Å². The maximum atomic E-state index is 13.3. The van der Waals surface area contributed by atoms with Gasteiger partial charge in [-0.25, -0.2) is 4.79 Å². The maximum absolute atomic E-state index is 13.3. The largest absolute Gasteiger partial charge is 0.497 e. The van der Waals surface area contributed by atoms with Crippen molar-refractivity contribution in [2.45, 2.75) is 92.3 Å². The van der Waals surface area contributed by atoms with Crippen molar-refractivity contribution >= 4 is 49.2 Å². The second kappa shape index (κ2) is 10.2. The number of rotatable bonds is 6. The van der Waals surface area contributed by atoms with E-state index >= 15 is 0 Å². The molecule has 2 aliphatic heterocycles. The Kier molecular flexibility index (Phi) is 7.52. The first-order chi connectivity index (χ1) is 19.1. The Labute approximate surface area is 261 Å². The first-order valence-electron chi connectivity index (χ1n) is 15.2. The van der Waals surface area contributed by atoms with E-state index in [1.165, 1.54) is 11.1 Å². The molecule has 0 radical (unpaired) electrons. The highest BCUT2D eigenvalue weighted by atomic mass is 35.6. The summed E-state index contributed by atoms with van der Waals surface area (Å²) in [5.74, 6) is 1.76. The van der Waals surface area contributed by atoms with Gasteiger partial charge in [-0.3, -0.25) is 4.90 Å². The van der Waals surface area contributed by atoms with Gasteiger partial charge in [0, 0.05) is 37.2 Å². The van der Waals surface area contributed by atoms with Gasteiger partial charge in [0.2, 0.25) is 3.79 Å². The van der Waals surface area contributed by atoms with Crippen molar-refractivity contribution in [3.63, 3.8) is 0 Å². The minimum Gasteiger partial charge on any atom is -0.497 e. The number of amides is 1. The topological polar surface area (TPSA) is 51.2 Å². The van der Waals surface area contributed by atoms with Gasteiger partial charge < -0.3 is 18.8 Å². The zero-order valence-corrected chi connectivity index (χ0v) is 28.5. The van der Waals surface area contributed by atoms with Crippen LogP contribution in [0.5, 0.6) is 5.75 Å². The van der Waals surface area contributed by atoms with E-state index in [9.17, 15) is 4.79 Å². The molecule has 4 bridgehead atoms. The Hall–Kier alpha value is -0.703. The van der Waals surface area contributed by atoms with Crippen molar-refractivity contribution in [1.29, 1.82) is 0 Å². The Morgan fingerprint density at radius 1 is 1.17 bits per heavy atom. The lowest BCUT2D eigenvalue weighted by Gasteiger charge is -2.66. The Bertz CT molecular complexity index is 1200. The molecule has 228 valence electrons. The number of alkyl halides is 3. The lowest BCUT2D eigenvalue weighted by atomic mass is 9.43. The Morgan fingerprint density at radius 3 is 2.61 bits per heavy atom. The summed E-state index contributed by atoms with van der Waals surface area (Å²) in [5.41, 5.74) is 3.13. The van der Waals surface area contributed by atoms with Crippen LogP contribution in [-0.4, -0.2) is 80.0 Å². The van der Waals surface area contributed by atoms with Gasteiger partial charge in [0.15, 0.2) is 8.32 Å². The van der Waals surface area contributed by atoms with Crippen LogP contribution in [0.2, 0.25) is 18.1 Å². The summed E-state index contributed by atoms with van der Waals surface area (Å²) in [4.78, 5) is 18.0. The summed E-state index contributed by atoms with van der Waals surface area (Å²) >= 11 is 17.7. The number of piperidine rings is 1. The van der Waals surface area contributed by atoms with Crippen LogP contribution in [0, 0.1) is 17.3 Å². The van der Waals surface area contributed by atoms with Crippen LogP contribution in [0.1, 0.15) is 57.6 Å². The van der Waals surface area contributed by atoms with Crippen LogP contribution in [0.4, 0.5) is 4.79 Å². The Morgan fingerprint density at radius 2 is 1.93 bits per heavy atom. The molecule has 41 heavy (non-hydrogen) atoms. The van der Waals surface area contributed by atoms with E-state index in [2.05, 4.69) is 57.0 Å². The molecule has 6 atom stereocenters. The maximum Gasteiger partial charge on any atom is 0.410 e. The van der Waals surface area contributed by atoms with Crippen molar-refractivity contribution in [1.82, 2.24) is 9.80 Å². The second-order valence-corrected chi connectivity index (χ2v) is 22.0. The molecule has 2 unspecified atom stereocenters. The summed E-state index contributed by atoms with van der Waals surface area (Å²) in [6.07, 6.45) is 5.07. The fourth-order valence-corrected chi connectivity index (χ4v) is 10.7. The molecular weight excluding hydrogens is 599 g/mol. The molecule has 6 rings (SSSR count). The second-order valence-electron chi connectivity index (χ2n) is 14.7. The van der Waals surface area contributed by atoms with E-state index in [1.54, 1.807) is 7.11 Å². The highest BCUT2D eigenvalue weighted by Gasteiger charge is 2.76. The minimum atomic E-state index is -1.81. The molecule has 1 aromatic carbocycles. The number of nitrogens with zero attached hydrogens (tertiary/aromatic N) is 2. The SMILES string of the molecule is COc1ccc2c(c1)[C@]13CCN(CCO[Si](C)(C)C(C)(C)C)[C@H](C2)[C@]12CCC1C3[C@@H](CN1C(=O)OCC(Cl)(Cl)Cl)C2. The van der Waals surface area contributed by atoms with Gasteiger partial charge in [-0.2, -0.15) is 0 Å². The van der Waals surface area contributed by atoms with Crippen LogP contribution < -0.4 is 4.74 Å². The zero-order valence-electron chi connectivity index (χ0n) is 25.3. The smallest absolute Gasteiger partial charge is 0.410 e. The fourth-order valence-electron chi connectivity index (χ4n) is 9.55. The van der Waals surface area contributed by atoms with Crippen molar-refractivity contribution in [2.24, 2.45) is 17.3 Å². The van der Waals surface area contributed by atoms with Gasteiger partial charge >= 0.3 is 6.09 Å².